The highest BCUT2D eigenvalue weighted by Gasteiger charge is 2.23. The van der Waals surface area contributed by atoms with Gasteiger partial charge in [-0.2, -0.15) is 0 Å². The maximum absolute atomic E-state index is 12.7. The summed E-state index contributed by atoms with van der Waals surface area (Å²) in [5, 5.41) is 0. The van der Waals surface area contributed by atoms with Crippen LogP contribution in [0.15, 0.2) is 24.3 Å². The topological polar surface area (TPSA) is 68.4 Å². The first-order chi connectivity index (χ1) is 11.0. The van der Waals surface area contributed by atoms with E-state index >= 15 is 0 Å². The quantitative estimate of drug-likeness (QED) is 0.655. The maximum Gasteiger partial charge on any atom is 0.355 e. The van der Waals surface area contributed by atoms with Gasteiger partial charge in [-0.05, 0) is 57.5 Å². The van der Waals surface area contributed by atoms with E-state index in [9.17, 15) is 9.59 Å². The molecule has 0 unspecified atom stereocenters. The van der Waals surface area contributed by atoms with Gasteiger partial charge in [-0.25, -0.2) is 4.79 Å². The summed E-state index contributed by atoms with van der Waals surface area (Å²) in [6.45, 7) is 8.04. The van der Waals surface area contributed by atoms with Gasteiger partial charge in [0, 0.05) is 16.8 Å². The highest BCUT2D eigenvalue weighted by molar-refractivity contribution is 6.12. The molecule has 5 nitrogen and oxygen atoms in total. The standard InChI is InChI=1S/C18H21NO4/c1-5-22-14-9-7-13(8-10-14)17(20)15-11(3)16(19-12(15)4)18(21)23-6-2/h7-10,19H,5-6H2,1-4H3. The predicted octanol–water partition coefficient (Wildman–Crippen LogP) is 3.44. The highest BCUT2D eigenvalue weighted by atomic mass is 16.5. The minimum Gasteiger partial charge on any atom is -0.494 e. The van der Waals surface area contributed by atoms with Crippen LogP contribution in [0, 0.1) is 13.8 Å². The minimum atomic E-state index is -0.446. The fourth-order valence-electron chi connectivity index (χ4n) is 2.51. The Morgan fingerprint density at radius 1 is 1.04 bits per heavy atom. The molecule has 0 spiro atoms. The number of aromatic nitrogens is 1. The van der Waals surface area contributed by atoms with Crippen molar-refractivity contribution in [3.05, 3.63) is 52.3 Å². The molecule has 122 valence electrons. The second-order valence-corrected chi connectivity index (χ2v) is 5.13. The Kier molecular flexibility index (Phi) is 5.21. The summed E-state index contributed by atoms with van der Waals surface area (Å²) >= 11 is 0. The van der Waals surface area contributed by atoms with E-state index in [2.05, 4.69) is 4.98 Å². The third kappa shape index (κ3) is 3.44. The van der Waals surface area contributed by atoms with Crippen LogP contribution in [0.4, 0.5) is 0 Å². The number of esters is 1. The van der Waals surface area contributed by atoms with Gasteiger partial charge < -0.3 is 14.5 Å². The van der Waals surface area contributed by atoms with Crippen LogP contribution in [-0.4, -0.2) is 30.0 Å². The number of hydrogen-bond acceptors (Lipinski definition) is 4. The molecule has 0 atom stereocenters. The average molecular weight is 315 g/mol. The molecule has 2 aromatic rings. The van der Waals surface area contributed by atoms with Crippen molar-refractivity contribution in [1.29, 1.82) is 0 Å². The Hall–Kier alpha value is -2.56. The number of aryl methyl sites for hydroxylation is 1. The van der Waals surface area contributed by atoms with Gasteiger partial charge >= 0.3 is 5.97 Å². The number of carbonyl (C=O) groups excluding carboxylic acids is 2. The van der Waals surface area contributed by atoms with Gasteiger partial charge in [-0.3, -0.25) is 4.79 Å². The normalized spacial score (nSPS) is 10.4. The molecule has 1 aromatic heterocycles. The lowest BCUT2D eigenvalue weighted by atomic mass is 9.99. The zero-order chi connectivity index (χ0) is 17.0. The number of aromatic amines is 1. The lowest BCUT2D eigenvalue weighted by Crippen LogP contribution is -2.08. The summed E-state index contributed by atoms with van der Waals surface area (Å²) in [5.41, 5.74) is 2.66. The molecule has 0 radical (unpaired) electrons. The molecule has 0 bridgehead atoms. The number of rotatable bonds is 6. The third-order valence-corrected chi connectivity index (χ3v) is 3.57. The number of benzene rings is 1. The van der Waals surface area contributed by atoms with Crippen LogP contribution in [0.5, 0.6) is 5.75 Å². The van der Waals surface area contributed by atoms with Crippen molar-refractivity contribution in [2.75, 3.05) is 13.2 Å². The van der Waals surface area contributed by atoms with Crippen molar-refractivity contribution in [2.24, 2.45) is 0 Å². The van der Waals surface area contributed by atoms with Gasteiger partial charge in [0.2, 0.25) is 0 Å². The van der Waals surface area contributed by atoms with Gasteiger partial charge in [-0.1, -0.05) is 0 Å². The molecule has 23 heavy (non-hydrogen) atoms. The summed E-state index contributed by atoms with van der Waals surface area (Å²) in [6.07, 6.45) is 0. The van der Waals surface area contributed by atoms with Crippen molar-refractivity contribution in [2.45, 2.75) is 27.7 Å². The van der Waals surface area contributed by atoms with E-state index in [0.29, 0.717) is 41.3 Å². The van der Waals surface area contributed by atoms with Crippen LogP contribution >= 0.6 is 0 Å². The van der Waals surface area contributed by atoms with Gasteiger partial charge in [0.1, 0.15) is 11.4 Å². The molecule has 0 saturated carbocycles. The summed E-state index contributed by atoms with van der Waals surface area (Å²) in [5.74, 6) is 0.146. The molecule has 1 aromatic carbocycles. The molecule has 0 aliphatic carbocycles. The Balaban J connectivity index is 2.34. The smallest absolute Gasteiger partial charge is 0.355 e. The fourth-order valence-corrected chi connectivity index (χ4v) is 2.51. The Bertz CT molecular complexity index is 713. The molecule has 0 saturated heterocycles. The number of carbonyl (C=O) groups is 2. The summed E-state index contributed by atoms with van der Waals surface area (Å²) in [4.78, 5) is 27.6. The van der Waals surface area contributed by atoms with E-state index in [1.54, 1.807) is 45.0 Å². The van der Waals surface area contributed by atoms with Crippen molar-refractivity contribution in [3.63, 3.8) is 0 Å². The van der Waals surface area contributed by atoms with E-state index in [-0.39, 0.29) is 5.78 Å². The van der Waals surface area contributed by atoms with Crippen LogP contribution in [0.25, 0.3) is 0 Å². The van der Waals surface area contributed by atoms with E-state index < -0.39 is 5.97 Å². The van der Waals surface area contributed by atoms with Gasteiger partial charge in [0.15, 0.2) is 5.78 Å². The summed E-state index contributed by atoms with van der Waals surface area (Å²) < 4.78 is 10.4. The first-order valence-electron chi connectivity index (χ1n) is 7.63. The molecule has 5 heteroatoms. The predicted molar refractivity (Wildman–Crippen MR) is 87.3 cm³/mol. The van der Waals surface area contributed by atoms with E-state index in [1.807, 2.05) is 6.92 Å². The molecule has 0 aliphatic heterocycles. The Labute approximate surface area is 135 Å². The highest BCUT2D eigenvalue weighted by Crippen LogP contribution is 2.23. The molecule has 2 rings (SSSR count). The van der Waals surface area contributed by atoms with Crippen molar-refractivity contribution in [3.8, 4) is 5.75 Å². The Morgan fingerprint density at radius 3 is 2.26 bits per heavy atom. The first-order valence-corrected chi connectivity index (χ1v) is 7.63. The fraction of sp³-hybridized carbons (Fsp3) is 0.333. The van der Waals surface area contributed by atoms with Crippen molar-refractivity contribution >= 4 is 11.8 Å². The average Bonchev–Trinajstić information content (AvgIpc) is 2.83. The minimum absolute atomic E-state index is 0.130. The lowest BCUT2D eigenvalue weighted by Gasteiger charge is -2.05. The van der Waals surface area contributed by atoms with Crippen LogP contribution < -0.4 is 4.74 Å². The number of ether oxygens (including phenoxy) is 2. The first kappa shape index (κ1) is 16.8. The lowest BCUT2D eigenvalue weighted by molar-refractivity contribution is 0.0519. The number of ketones is 1. The van der Waals surface area contributed by atoms with Crippen LogP contribution in [0.2, 0.25) is 0 Å². The van der Waals surface area contributed by atoms with Crippen LogP contribution in [-0.2, 0) is 4.74 Å². The molecule has 0 amide bonds. The second-order valence-electron chi connectivity index (χ2n) is 5.13. The van der Waals surface area contributed by atoms with E-state index in [0.717, 1.165) is 5.75 Å². The van der Waals surface area contributed by atoms with E-state index in [1.165, 1.54) is 0 Å². The molecule has 1 heterocycles. The van der Waals surface area contributed by atoms with Crippen molar-refractivity contribution < 1.29 is 19.1 Å². The Morgan fingerprint density at radius 2 is 1.70 bits per heavy atom. The molecule has 0 fully saturated rings. The summed E-state index contributed by atoms with van der Waals surface area (Å²) in [7, 11) is 0. The number of hydrogen-bond donors (Lipinski definition) is 1. The third-order valence-electron chi connectivity index (χ3n) is 3.57. The largest absolute Gasteiger partial charge is 0.494 e. The molecular weight excluding hydrogens is 294 g/mol. The second kappa shape index (κ2) is 7.13. The van der Waals surface area contributed by atoms with Gasteiger partial charge in [-0.15, -0.1) is 0 Å². The van der Waals surface area contributed by atoms with Crippen LogP contribution in [0.1, 0.15) is 51.5 Å². The monoisotopic (exact) mass is 315 g/mol. The van der Waals surface area contributed by atoms with Gasteiger partial charge in [0.05, 0.1) is 13.2 Å². The maximum atomic E-state index is 12.7. The number of nitrogens with one attached hydrogen (secondary N) is 1. The SMILES string of the molecule is CCOC(=O)c1[nH]c(C)c(C(=O)c2ccc(OCC)cc2)c1C. The summed E-state index contributed by atoms with van der Waals surface area (Å²) in [6, 6.07) is 6.98. The zero-order valence-electron chi connectivity index (χ0n) is 13.9. The van der Waals surface area contributed by atoms with Crippen molar-refractivity contribution in [1.82, 2.24) is 4.98 Å². The zero-order valence-corrected chi connectivity index (χ0v) is 13.9. The van der Waals surface area contributed by atoms with Crippen LogP contribution in [0.3, 0.4) is 0 Å². The molecule has 1 N–H and O–H groups in total. The van der Waals surface area contributed by atoms with E-state index in [4.69, 9.17) is 9.47 Å². The molecule has 0 aliphatic rings. The molecular formula is C18H21NO4. The van der Waals surface area contributed by atoms with Gasteiger partial charge in [0.25, 0.3) is 0 Å². The number of H-pyrrole nitrogens is 1.